The van der Waals surface area contributed by atoms with Crippen LogP contribution in [0.1, 0.15) is 34.5 Å². The van der Waals surface area contributed by atoms with Crippen LogP contribution in [0.2, 0.25) is 0 Å². The van der Waals surface area contributed by atoms with Crippen molar-refractivity contribution in [3.05, 3.63) is 65.1 Å². The third-order valence-electron chi connectivity index (χ3n) is 5.35. The molecular formula is C22H21FN4O. The highest BCUT2D eigenvalue weighted by atomic mass is 19.1. The zero-order chi connectivity index (χ0) is 19.7. The minimum atomic E-state index is -0.311. The van der Waals surface area contributed by atoms with E-state index in [4.69, 9.17) is 5.26 Å². The van der Waals surface area contributed by atoms with Gasteiger partial charge in [0, 0.05) is 35.7 Å². The quantitative estimate of drug-likeness (QED) is 0.729. The number of piperidine rings is 1. The summed E-state index contributed by atoms with van der Waals surface area (Å²) in [6, 6.07) is 14.5. The molecule has 4 rings (SSSR count). The van der Waals surface area contributed by atoms with Crippen molar-refractivity contribution in [1.29, 1.82) is 5.26 Å². The monoisotopic (exact) mass is 376 g/mol. The molecule has 1 fully saturated rings. The molecule has 2 aromatic carbocycles. The van der Waals surface area contributed by atoms with E-state index in [-0.39, 0.29) is 17.8 Å². The van der Waals surface area contributed by atoms with Gasteiger partial charge in [-0.05, 0) is 67.8 Å². The summed E-state index contributed by atoms with van der Waals surface area (Å²) in [5.74, 6) is -0.471. The van der Waals surface area contributed by atoms with Gasteiger partial charge in [0.25, 0.3) is 5.91 Å². The number of aromatic nitrogens is 1. The number of carbonyl (C=O) groups excluding carboxylic acids is 1. The minimum absolute atomic E-state index is 0.103. The zero-order valence-corrected chi connectivity index (χ0v) is 15.6. The van der Waals surface area contributed by atoms with E-state index in [1.54, 1.807) is 6.07 Å². The number of hydrogen-bond donors (Lipinski definition) is 2. The van der Waals surface area contributed by atoms with E-state index < -0.39 is 0 Å². The Morgan fingerprint density at radius 2 is 1.93 bits per heavy atom. The number of nitrogens with zero attached hydrogens (tertiary/aromatic N) is 2. The smallest absolute Gasteiger partial charge is 0.267 e. The van der Waals surface area contributed by atoms with Crippen molar-refractivity contribution in [2.45, 2.75) is 25.8 Å². The largest absolute Gasteiger partial charge is 0.371 e. The number of fused-ring (bicyclic) bond motifs is 1. The maximum atomic E-state index is 13.6. The maximum absolute atomic E-state index is 13.6. The van der Waals surface area contributed by atoms with Crippen LogP contribution in [0.5, 0.6) is 0 Å². The van der Waals surface area contributed by atoms with E-state index >= 15 is 0 Å². The van der Waals surface area contributed by atoms with Gasteiger partial charge in [-0.25, -0.2) is 4.39 Å². The lowest BCUT2D eigenvalue weighted by molar-refractivity contribution is 0.0927. The van der Waals surface area contributed by atoms with Crippen LogP contribution in [0.25, 0.3) is 10.9 Å². The molecule has 0 spiro atoms. The summed E-state index contributed by atoms with van der Waals surface area (Å²) >= 11 is 0. The lowest BCUT2D eigenvalue weighted by Crippen LogP contribution is -2.44. The Bertz CT molecular complexity index is 1060. The molecule has 0 radical (unpaired) electrons. The van der Waals surface area contributed by atoms with Crippen molar-refractivity contribution in [3.63, 3.8) is 0 Å². The van der Waals surface area contributed by atoms with Crippen molar-refractivity contribution in [3.8, 4) is 6.07 Å². The van der Waals surface area contributed by atoms with Crippen molar-refractivity contribution >= 4 is 22.5 Å². The topological polar surface area (TPSA) is 71.9 Å². The number of hydrogen-bond acceptors (Lipinski definition) is 3. The molecule has 6 heteroatoms. The van der Waals surface area contributed by atoms with Gasteiger partial charge in [0.1, 0.15) is 11.5 Å². The molecule has 1 aliphatic heterocycles. The van der Waals surface area contributed by atoms with Crippen LogP contribution in [-0.4, -0.2) is 30.0 Å². The van der Waals surface area contributed by atoms with E-state index in [9.17, 15) is 9.18 Å². The Morgan fingerprint density at radius 1 is 1.21 bits per heavy atom. The average molecular weight is 376 g/mol. The summed E-state index contributed by atoms with van der Waals surface area (Å²) in [7, 11) is 0. The van der Waals surface area contributed by atoms with Gasteiger partial charge in [-0.2, -0.15) is 5.26 Å². The summed E-state index contributed by atoms with van der Waals surface area (Å²) in [4.78, 5) is 17.9. The molecule has 28 heavy (non-hydrogen) atoms. The van der Waals surface area contributed by atoms with Crippen molar-refractivity contribution in [2.75, 3.05) is 18.0 Å². The van der Waals surface area contributed by atoms with Gasteiger partial charge in [-0.3, -0.25) is 4.79 Å². The molecule has 2 heterocycles. The van der Waals surface area contributed by atoms with Crippen LogP contribution in [0.15, 0.2) is 42.5 Å². The first-order chi connectivity index (χ1) is 13.5. The summed E-state index contributed by atoms with van der Waals surface area (Å²) in [5.41, 5.74) is 3.65. The van der Waals surface area contributed by atoms with E-state index in [0.29, 0.717) is 16.8 Å². The first-order valence-electron chi connectivity index (χ1n) is 9.38. The Labute approximate surface area is 162 Å². The molecule has 0 aliphatic carbocycles. The van der Waals surface area contributed by atoms with Gasteiger partial charge in [-0.15, -0.1) is 0 Å². The third-order valence-corrected chi connectivity index (χ3v) is 5.35. The molecule has 0 unspecified atom stereocenters. The van der Waals surface area contributed by atoms with Crippen LogP contribution < -0.4 is 10.2 Å². The Morgan fingerprint density at radius 3 is 2.61 bits per heavy atom. The number of benzene rings is 2. The van der Waals surface area contributed by atoms with Gasteiger partial charge in [0.05, 0.1) is 11.6 Å². The number of nitrogens with one attached hydrogen (secondary N) is 2. The molecular weight excluding hydrogens is 355 g/mol. The van der Waals surface area contributed by atoms with E-state index in [0.717, 1.165) is 42.6 Å². The number of nitriles is 1. The molecule has 1 saturated heterocycles. The fourth-order valence-electron chi connectivity index (χ4n) is 3.79. The van der Waals surface area contributed by atoms with E-state index in [1.807, 2.05) is 31.2 Å². The highest BCUT2D eigenvalue weighted by molar-refractivity contribution is 5.99. The fraction of sp³-hybridized carbons (Fsp3) is 0.273. The number of aromatic amines is 1. The van der Waals surface area contributed by atoms with Crippen molar-refractivity contribution < 1.29 is 9.18 Å². The predicted octanol–water partition coefficient (Wildman–Crippen LogP) is 3.89. The summed E-state index contributed by atoms with van der Waals surface area (Å²) in [6.45, 7) is 3.52. The zero-order valence-electron chi connectivity index (χ0n) is 15.6. The average Bonchev–Trinajstić information content (AvgIpc) is 3.13. The second-order valence-corrected chi connectivity index (χ2v) is 7.26. The number of carbonyl (C=O) groups is 1. The molecule has 1 aromatic heterocycles. The van der Waals surface area contributed by atoms with Gasteiger partial charge < -0.3 is 15.2 Å². The van der Waals surface area contributed by atoms with Crippen LogP contribution in [0.3, 0.4) is 0 Å². The molecule has 5 nitrogen and oxygen atoms in total. The number of H-pyrrole nitrogens is 1. The van der Waals surface area contributed by atoms with Gasteiger partial charge in [0.2, 0.25) is 0 Å². The highest BCUT2D eigenvalue weighted by Gasteiger charge is 2.22. The standard InChI is InChI=1S/C22H21FN4O/c1-14-10-16(23)11-20-19(14)12-21(26-20)22(28)25-17-6-8-27(9-7-17)18-4-2-15(13-24)3-5-18/h2-5,10-12,17,26H,6-9H2,1H3,(H,25,28). The molecule has 1 aliphatic rings. The van der Waals surface area contributed by atoms with E-state index in [2.05, 4.69) is 21.3 Å². The summed E-state index contributed by atoms with van der Waals surface area (Å²) in [6.07, 6.45) is 1.69. The predicted molar refractivity (Wildman–Crippen MR) is 107 cm³/mol. The van der Waals surface area contributed by atoms with Crippen molar-refractivity contribution in [1.82, 2.24) is 10.3 Å². The lowest BCUT2D eigenvalue weighted by atomic mass is 10.0. The minimum Gasteiger partial charge on any atom is -0.371 e. The third kappa shape index (κ3) is 3.56. The summed E-state index contributed by atoms with van der Waals surface area (Å²) in [5, 5.41) is 12.9. The van der Waals surface area contributed by atoms with Crippen molar-refractivity contribution in [2.24, 2.45) is 0 Å². The second kappa shape index (κ2) is 7.35. The highest BCUT2D eigenvalue weighted by Crippen LogP contribution is 2.23. The molecule has 142 valence electrons. The molecule has 3 aromatic rings. The fourth-order valence-corrected chi connectivity index (χ4v) is 3.79. The maximum Gasteiger partial charge on any atom is 0.267 e. The SMILES string of the molecule is Cc1cc(F)cc2[nH]c(C(=O)NC3CCN(c4ccc(C#N)cc4)CC3)cc12. The first kappa shape index (κ1) is 18.1. The van der Waals surface area contributed by atoms with Gasteiger partial charge in [-0.1, -0.05) is 0 Å². The lowest BCUT2D eigenvalue weighted by Gasteiger charge is -2.34. The van der Waals surface area contributed by atoms with Crippen LogP contribution in [0, 0.1) is 24.1 Å². The second-order valence-electron chi connectivity index (χ2n) is 7.26. The molecule has 0 saturated carbocycles. The number of amides is 1. The Balaban J connectivity index is 1.38. The Kier molecular flexibility index (Phi) is 4.74. The number of aryl methyl sites for hydroxylation is 1. The first-order valence-corrected chi connectivity index (χ1v) is 9.38. The van der Waals surface area contributed by atoms with Gasteiger partial charge in [0.15, 0.2) is 0 Å². The number of anilines is 1. The number of rotatable bonds is 3. The van der Waals surface area contributed by atoms with E-state index in [1.165, 1.54) is 12.1 Å². The van der Waals surface area contributed by atoms with Crippen LogP contribution in [-0.2, 0) is 0 Å². The van der Waals surface area contributed by atoms with Gasteiger partial charge >= 0.3 is 0 Å². The molecule has 0 bridgehead atoms. The normalized spacial score (nSPS) is 14.8. The molecule has 1 amide bonds. The van der Waals surface area contributed by atoms with Crippen LogP contribution in [0.4, 0.5) is 10.1 Å². The van der Waals surface area contributed by atoms with Crippen LogP contribution >= 0.6 is 0 Å². The number of halogens is 1. The summed E-state index contributed by atoms with van der Waals surface area (Å²) < 4.78 is 13.6. The molecule has 2 N–H and O–H groups in total. The molecule has 0 atom stereocenters. The Hall–Kier alpha value is -3.33.